The number of amides is 2. The van der Waals surface area contributed by atoms with E-state index in [1.165, 1.54) is 0 Å². The summed E-state index contributed by atoms with van der Waals surface area (Å²) in [7, 11) is 1.55. The smallest absolute Gasteiger partial charge is 0.222 e. The number of rotatable bonds is 7. The van der Waals surface area contributed by atoms with E-state index in [0.717, 1.165) is 0 Å². The summed E-state index contributed by atoms with van der Waals surface area (Å²) in [6.07, 6.45) is 0.829. The van der Waals surface area contributed by atoms with Crippen LogP contribution in [0, 0.1) is 0 Å². The number of methoxy groups -OCH3 is 1. The van der Waals surface area contributed by atoms with Crippen LogP contribution in [0.5, 0.6) is 0 Å². The summed E-state index contributed by atoms with van der Waals surface area (Å²) in [5.41, 5.74) is 0. The number of carbonyl (C=O) groups is 2. The molecule has 0 saturated heterocycles. The van der Waals surface area contributed by atoms with E-state index >= 15 is 0 Å². The minimum Gasteiger partial charge on any atom is -0.384 e. The first-order valence-electron chi connectivity index (χ1n) is 4.73. The monoisotopic (exact) mass is 202 g/mol. The number of carbonyl (C=O) groups excluding carboxylic acids is 2. The highest BCUT2D eigenvalue weighted by atomic mass is 16.5. The number of hydrogen-bond donors (Lipinski definition) is 2. The Morgan fingerprint density at radius 3 is 2.21 bits per heavy atom. The molecule has 82 valence electrons. The van der Waals surface area contributed by atoms with Crippen molar-refractivity contribution < 1.29 is 14.3 Å². The standard InChI is InChI=1S/C9H18N2O3/c1-3-8(12)10-5-6-11-9(13)4-7-14-2/h3-7H2,1-2H3,(H,10,12)(H,11,13). The summed E-state index contributed by atoms with van der Waals surface area (Å²) in [6, 6.07) is 0. The van der Waals surface area contributed by atoms with Crippen LogP contribution in [0.15, 0.2) is 0 Å². The average molecular weight is 202 g/mol. The van der Waals surface area contributed by atoms with E-state index < -0.39 is 0 Å². The quantitative estimate of drug-likeness (QED) is 0.555. The van der Waals surface area contributed by atoms with E-state index in [4.69, 9.17) is 4.74 Å². The van der Waals surface area contributed by atoms with Gasteiger partial charge in [0.2, 0.25) is 11.8 Å². The van der Waals surface area contributed by atoms with Gasteiger partial charge in [0.25, 0.3) is 0 Å². The Bertz CT molecular complexity index is 183. The molecule has 2 N–H and O–H groups in total. The summed E-state index contributed by atoms with van der Waals surface area (Å²) in [6.45, 7) is 3.15. The van der Waals surface area contributed by atoms with Crippen LogP contribution >= 0.6 is 0 Å². The Labute approximate surface area is 84.2 Å². The summed E-state index contributed by atoms with van der Waals surface area (Å²) in [5, 5.41) is 5.32. The number of ether oxygens (including phenoxy) is 1. The molecule has 0 heterocycles. The molecule has 0 fully saturated rings. The van der Waals surface area contributed by atoms with Crippen LogP contribution in [0.3, 0.4) is 0 Å². The molecule has 0 aromatic carbocycles. The fourth-order valence-electron chi connectivity index (χ4n) is 0.812. The zero-order valence-corrected chi connectivity index (χ0v) is 8.76. The zero-order valence-electron chi connectivity index (χ0n) is 8.76. The van der Waals surface area contributed by atoms with Crippen LogP contribution in [0.4, 0.5) is 0 Å². The summed E-state index contributed by atoms with van der Waals surface area (Å²) in [4.78, 5) is 21.8. The molecular weight excluding hydrogens is 184 g/mol. The summed E-state index contributed by atoms with van der Waals surface area (Å²) < 4.78 is 4.74. The van der Waals surface area contributed by atoms with Crippen molar-refractivity contribution in [3.63, 3.8) is 0 Å². The molecule has 0 bridgehead atoms. The van der Waals surface area contributed by atoms with Crippen molar-refractivity contribution in [3.8, 4) is 0 Å². The van der Waals surface area contributed by atoms with Gasteiger partial charge in [0.15, 0.2) is 0 Å². The molecule has 0 saturated carbocycles. The van der Waals surface area contributed by atoms with E-state index in [1.807, 2.05) is 0 Å². The summed E-state index contributed by atoms with van der Waals surface area (Å²) in [5.74, 6) is -0.0614. The second-order valence-corrected chi connectivity index (χ2v) is 2.80. The van der Waals surface area contributed by atoms with Gasteiger partial charge in [-0.15, -0.1) is 0 Å². The molecule has 0 rings (SSSR count). The minimum absolute atomic E-state index is 0.00357. The maximum atomic E-state index is 11.0. The van der Waals surface area contributed by atoms with Crippen LogP contribution in [0.25, 0.3) is 0 Å². The third-order valence-corrected chi connectivity index (χ3v) is 1.62. The normalized spacial score (nSPS) is 9.57. The van der Waals surface area contributed by atoms with E-state index in [-0.39, 0.29) is 11.8 Å². The van der Waals surface area contributed by atoms with Crippen molar-refractivity contribution in [2.75, 3.05) is 26.8 Å². The lowest BCUT2D eigenvalue weighted by molar-refractivity contribution is -0.123. The Hall–Kier alpha value is -1.10. The molecule has 5 nitrogen and oxygen atoms in total. The highest BCUT2D eigenvalue weighted by Crippen LogP contribution is 1.79. The van der Waals surface area contributed by atoms with Gasteiger partial charge in [0.05, 0.1) is 6.61 Å². The third-order valence-electron chi connectivity index (χ3n) is 1.62. The first-order valence-corrected chi connectivity index (χ1v) is 4.73. The molecule has 0 aliphatic rings. The Kier molecular flexibility index (Phi) is 7.83. The minimum atomic E-state index is -0.0578. The van der Waals surface area contributed by atoms with Crippen molar-refractivity contribution >= 4 is 11.8 Å². The van der Waals surface area contributed by atoms with E-state index in [0.29, 0.717) is 32.5 Å². The third kappa shape index (κ3) is 7.54. The fourth-order valence-corrected chi connectivity index (χ4v) is 0.812. The Morgan fingerprint density at radius 1 is 1.14 bits per heavy atom. The number of nitrogens with one attached hydrogen (secondary N) is 2. The van der Waals surface area contributed by atoms with Gasteiger partial charge in [0.1, 0.15) is 0 Å². The molecular formula is C9H18N2O3. The summed E-state index contributed by atoms with van der Waals surface area (Å²) >= 11 is 0. The van der Waals surface area contributed by atoms with Crippen molar-refractivity contribution in [2.45, 2.75) is 19.8 Å². The van der Waals surface area contributed by atoms with Gasteiger partial charge in [-0.2, -0.15) is 0 Å². The lowest BCUT2D eigenvalue weighted by Gasteiger charge is -2.05. The number of hydrogen-bond acceptors (Lipinski definition) is 3. The van der Waals surface area contributed by atoms with Crippen LogP contribution in [-0.4, -0.2) is 38.6 Å². The van der Waals surface area contributed by atoms with Gasteiger partial charge in [-0.05, 0) is 0 Å². The second kappa shape index (κ2) is 8.50. The highest BCUT2D eigenvalue weighted by molar-refractivity contribution is 5.76. The predicted molar refractivity (Wildman–Crippen MR) is 52.8 cm³/mol. The van der Waals surface area contributed by atoms with E-state index in [9.17, 15) is 9.59 Å². The van der Waals surface area contributed by atoms with Crippen molar-refractivity contribution in [1.29, 1.82) is 0 Å². The van der Waals surface area contributed by atoms with Gasteiger partial charge < -0.3 is 15.4 Å². The van der Waals surface area contributed by atoms with Gasteiger partial charge in [-0.3, -0.25) is 9.59 Å². The molecule has 0 aliphatic heterocycles. The second-order valence-electron chi connectivity index (χ2n) is 2.80. The van der Waals surface area contributed by atoms with Crippen molar-refractivity contribution in [2.24, 2.45) is 0 Å². The molecule has 0 unspecified atom stereocenters. The van der Waals surface area contributed by atoms with Gasteiger partial charge in [-0.25, -0.2) is 0 Å². The Morgan fingerprint density at radius 2 is 1.71 bits per heavy atom. The molecule has 14 heavy (non-hydrogen) atoms. The lowest BCUT2D eigenvalue weighted by Crippen LogP contribution is -2.34. The largest absolute Gasteiger partial charge is 0.384 e. The van der Waals surface area contributed by atoms with Crippen molar-refractivity contribution in [1.82, 2.24) is 10.6 Å². The van der Waals surface area contributed by atoms with Gasteiger partial charge in [0, 0.05) is 33.0 Å². The molecule has 0 aromatic heterocycles. The first-order chi connectivity index (χ1) is 6.70. The van der Waals surface area contributed by atoms with Crippen LogP contribution < -0.4 is 10.6 Å². The van der Waals surface area contributed by atoms with Crippen LogP contribution in [-0.2, 0) is 14.3 Å². The molecule has 0 atom stereocenters. The SMILES string of the molecule is CCC(=O)NCCNC(=O)CCOC. The highest BCUT2D eigenvalue weighted by Gasteiger charge is 1.99. The maximum Gasteiger partial charge on any atom is 0.222 e. The average Bonchev–Trinajstić information content (AvgIpc) is 2.21. The van der Waals surface area contributed by atoms with Gasteiger partial charge in [-0.1, -0.05) is 6.92 Å². The predicted octanol–water partition coefficient (Wildman–Crippen LogP) is -0.335. The maximum absolute atomic E-state index is 11.0. The Balaban J connectivity index is 3.27. The van der Waals surface area contributed by atoms with Gasteiger partial charge >= 0.3 is 0 Å². The molecule has 2 amide bonds. The molecule has 0 aromatic rings. The molecule has 0 spiro atoms. The molecule has 0 aliphatic carbocycles. The molecule has 0 radical (unpaired) electrons. The van der Waals surface area contributed by atoms with Crippen LogP contribution in [0.1, 0.15) is 19.8 Å². The van der Waals surface area contributed by atoms with E-state index in [2.05, 4.69) is 10.6 Å². The zero-order chi connectivity index (χ0) is 10.8. The molecule has 5 heteroatoms. The van der Waals surface area contributed by atoms with Crippen molar-refractivity contribution in [3.05, 3.63) is 0 Å². The van der Waals surface area contributed by atoms with E-state index in [1.54, 1.807) is 14.0 Å². The first kappa shape index (κ1) is 12.9. The topological polar surface area (TPSA) is 67.4 Å². The van der Waals surface area contributed by atoms with Crippen LogP contribution in [0.2, 0.25) is 0 Å². The fraction of sp³-hybridized carbons (Fsp3) is 0.778. The lowest BCUT2D eigenvalue weighted by atomic mass is 10.4.